The van der Waals surface area contributed by atoms with Crippen molar-refractivity contribution in [1.29, 1.82) is 0 Å². The van der Waals surface area contributed by atoms with Crippen LogP contribution < -0.4 is 11.6 Å². The van der Waals surface area contributed by atoms with Crippen LogP contribution in [0.25, 0.3) is 0 Å². The molecule has 16 heavy (non-hydrogen) atoms. The van der Waals surface area contributed by atoms with Gasteiger partial charge < -0.3 is 5.73 Å². The maximum Gasteiger partial charge on any atom is 0.0386 e. The molecule has 2 rings (SSSR count). The predicted molar refractivity (Wildman–Crippen MR) is 67.5 cm³/mol. The summed E-state index contributed by atoms with van der Waals surface area (Å²) < 4.78 is 0. The lowest BCUT2D eigenvalue weighted by molar-refractivity contribution is 0.153. The van der Waals surface area contributed by atoms with Crippen molar-refractivity contribution in [2.45, 2.75) is 39.3 Å². The van der Waals surface area contributed by atoms with E-state index in [0.29, 0.717) is 12.0 Å². The highest BCUT2D eigenvalue weighted by molar-refractivity contribution is 5.52. The molecule has 0 aliphatic carbocycles. The molecule has 1 aliphatic rings. The number of hydrogen-bond acceptors (Lipinski definition) is 3. The zero-order valence-electron chi connectivity index (χ0n) is 10.1. The molecule has 0 saturated heterocycles. The first-order valence-corrected chi connectivity index (χ1v) is 5.95. The van der Waals surface area contributed by atoms with Crippen LogP contribution in [-0.4, -0.2) is 11.1 Å². The number of hydrazine groups is 1. The average molecular weight is 219 g/mol. The van der Waals surface area contributed by atoms with Crippen LogP contribution in [0.3, 0.4) is 0 Å². The fraction of sp³-hybridized carbons (Fsp3) is 0.538. The van der Waals surface area contributed by atoms with E-state index in [1.807, 2.05) is 17.1 Å². The van der Waals surface area contributed by atoms with Gasteiger partial charge in [-0.1, -0.05) is 26.0 Å². The van der Waals surface area contributed by atoms with Gasteiger partial charge in [-0.25, -0.2) is 5.01 Å². The standard InChI is InChI=1S/C13H21N3/c1-9(2)6-11-7-12-10(8-16(11)15)4-3-5-13(12)14/h3-5,9,11H,6-8,14-15H2,1-2H3. The Bertz CT molecular complexity index is 373. The van der Waals surface area contributed by atoms with Gasteiger partial charge in [0.05, 0.1) is 0 Å². The van der Waals surface area contributed by atoms with Gasteiger partial charge in [0.2, 0.25) is 0 Å². The molecule has 0 saturated carbocycles. The Morgan fingerprint density at radius 2 is 2.19 bits per heavy atom. The fourth-order valence-corrected chi connectivity index (χ4v) is 2.49. The molecule has 88 valence electrons. The van der Waals surface area contributed by atoms with Gasteiger partial charge in [-0.05, 0) is 36.0 Å². The van der Waals surface area contributed by atoms with Crippen LogP contribution in [0.1, 0.15) is 31.4 Å². The number of anilines is 1. The Morgan fingerprint density at radius 3 is 2.88 bits per heavy atom. The highest BCUT2D eigenvalue weighted by Gasteiger charge is 2.25. The molecule has 0 amide bonds. The predicted octanol–water partition coefficient (Wildman–Crippen LogP) is 1.92. The number of nitrogens with two attached hydrogens (primary N) is 2. The van der Waals surface area contributed by atoms with E-state index in [-0.39, 0.29) is 0 Å². The van der Waals surface area contributed by atoms with E-state index in [9.17, 15) is 0 Å². The third-order valence-corrected chi connectivity index (χ3v) is 3.31. The van der Waals surface area contributed by atoms with Gasteiger partial charge >= 0.3 is 0 Å². The molecule has 0 aromatic heterocycles. The molecule has 0 bridgehead atoms. The molecular weight excluding hydrogens is 198 g/mol. The van der Waals surface area contributed by atoms with Crippen LogP contribution in [0, 0.1) is 5.92 Å². The van der Waals surface area contributed by atoms with Crippen molar-refractivity contribution in [2.75, 3.05) is 5.73 Å². The van der Waals surface area contributed by atoms with Gasteiger partial charge in [0.25, 0.3) is 0 Å². The summed E-state index contributed by atoms with van der Waals surface area (Å²) >= 11 is 0. The molecule has 3 heteroatoms. The highest BCUT2D eigenvalue weighted by Crippen LogP contribution is 2.28. The fourth-order valence-electron chi connectivity index (χ4n) is 2.49. The van der Waals surface area contributed by atoms with Crippen molar-refractivity contribution in [1.82, 2.24) is 5.01 Å². The van der Waals surface area contributed by atoms with Gasteiger partial charge in [-0.3, -0.25) is 5.84 Å². The van der Waals surface area contributed by atoms with E-state index in [0.717, 1.165) is 25.1 Å². The molecule has 1 aromatic rings. The maximum atomic E-state index is 6.08. The first-order valence-electron chi connectivity index (χ1n) is 5.95. The monoisotopic (exact) mass is 219 g/mol. The average Bonchev–Trinajstić information content (AvgIpc) is 2.20. The van der Waals surface area contributed by atoms with Crippen molar-refractivity contribution in [3.63, 3.8) is 0 Å². The lowest BCUT2D eigenvalue weighted by Crippen LogP contribution is -2.45. The molecular formula is C13H21N3. The van der Waals surface area contributed by atoms with Crippen LogP contribution >= 0.6 is 0 Å². The molecule has 1 heterocycles. The molecule has 0 fully saturated rings. The largest absolute Gasteiger partial charge is 0.398 e. The van der Waals surface area contributed by atoms with Crippen LogP contribution in [0.2, 0.25) is 0 Å². The zero-order chi connectivity index (χ0) is 11.7. The minimum Gasteiger partial charge on any atom is -0.398 e. The third-order valence-electron chi connectivity index (χ3n) is 3.31. The van der Waals surface area contributed by atoms with E-state index >= 15 is 0 Å². The van der Waals surface area contributed by atoms with E-state index in [4.69, 9.17) is 11.6 Å². The highest BCUT2D eigenvalue weighted by atomic mass is 15.4. The van der Waals surface area contributed by atoms with Crippen molar-refractivity contribution in [3.05, 3.63) is 29.3 Å². The van der Waals surface area contributed by atoms with Crippen LogP contribution in [0.15, 0.2) is 18.2 Å². The molecule has 1 aliphatic heterocycles. The van der Waals surface area contributed by atoms with Gasteiger partial charge in [-0.2, -0.15) is 0 Å². The van der Waals surface area contributed by atoms with Gasteiger partial charge in [0.15, 0.2) is 0 Å². The number of rotatable bonds is 2. The van der Waals surface area contributed by atoms with Crippen LogP contribution in [-0.2, 0) is 13.0 Å². The number of hydrogen-bond donors (Lipinski definition) is 2. The quantitative estimate of drug-likeness (QED) is 0.590. The summed E-state index contributed by atoms with van der Waals surface area (Å²) in [6.45, 7) is 5.28. The molecule has 0 spiro atoms. The summed E-state index contributed by atoms with van der Waals surface area (Å²) in [5.74, 6) is 6.75. The first kappa shape index (κ1) is 11.4. The summed E-state index contributed by atoms with van der Waals surface area (Å²) in [5, 5.41) is 1.96. The van der Waals surface area contributed by atoms with E-state index < -0.39 is 0 Å². The molecule has 1 atom stereocenters. The lowest BCUT2D eigenvalue weighted by Gasteiger charge is -2.35. The number of nitrogen functional groups attached to an aromatic ring is 1. The van der Waals surface area contributed by atoms with Crippen molar-refractivity contribution >= 4 is 5.69 Å². The van der Waals surface area contributed by atoms with Gasteiger partial charge in [-0.15, -0.1) is 0 Å². The summed E-state index contributed by atoms with van der Waals surface area (Å²) in [7, 11) is 0. The van der Waals surface area contributed by atoms with Crippen molar-refractivity contribution in [2.24, 2.45) is 11.8 Å². The van der Waals surface area contributed by atoms with E-state index in [2.05, 4.69) is 19.9 Å². The number of fused-ring (bicyclic) bond motifs is 1. The Balaban J connectivity index is 2.23. The molecule has 0 radical (unpaired) electrons. The van der Waals surface area contributed by atoms with Gasteiger partial charge in [0.1, 0.15) is 0 Å². The molecule has 1 unspecified atom stereocenters. The van der Waals surface area contributed by atoms with E-state index in [1.54, 1.807) is 0 Å². The minimum atomic E-state index is 0.428. The topological polar surface area (TPSA) is 55.3 Å². The van der Waals surface area contributed by atoms with Crippen LogP contribution in [0.5, 0.6) is 0 Å². The molecule has 4 N–H and O–H groups in total. The Kier molecular flexibility index (Phi) is 3.17. The van der Waals surface area contributed by atoms with Crippen molar-refractivity contribution in [3.8, 4) is 0 Å². The second-order valence-corrected chi connectivity index (χ2v) is 5.14. The van der Waals surface area contributed by atoms with E-state index in [1.165, 1.54) is 11.1 Å². The summed E-state index contributed by atoms with van der Waals surface area (Å²) in [4.78, 5) is 0. The number of benzene rings is 1. The molecule has 1 aromatic carbocycles. The Morgan fingerprint density at radius 1 is 1.44 bits per heavy atom. The Hall–Kier alpha value is -1.06. The maximum absolute atomic E-state index is 6.08. The first-order chi connectivity index (χ1) is 7.58. The summed E-state index contributed by atoms with van der Waals surface area (Å²) in [6.07, 6.45) is 2.11. The number of nitrogens with zero attached hydrogens (tertiary/aromatic N) is 1. The van der Waals surface area contributed by atoms with Crippen LogP contribution in [0.4, 0.5) is 5.69 Å². The second-order valence-electron chi connectivity index (χ2n) is 5.14. The SMILES string of the molecule is CC(C)CC1Cc2c(N)cccc2CN1N. The lowest BCUT2D eigenvalue weighted by atomic mass is 9.89. The zero-order valence-corrected chi connectivity index (χ0v) is 10.1. The summed E-state index contributed by atoms with van der Waals surface area (Å²) in [5.41, 5.74) is 9.52. The smallest absolute Gasteiger partial charge is 0.0386 e. The van der Waals surface area contributed by atoms with Gasteiger partial charge in [0, 0.05) is 18.3 Å². The summed E-state index contributed by atoms with van der Waals surface area (Å²) in [6, 6.07) is 6.54. The molecule has 3 nitrogen and oxygen atoms in total. The van der Waals surface area contributed by atoms with Crippen molar-refractivity contribution < 1.29 is 0 Å². The Labute approximate surface area is 97.4 Å². The second kappa shape index (κ2) is 4.44. The third kappa shape index (κ3) is 2.20. The normalized spacial score (nSPS) is 21.1. The minimum absolute atomic E-state index is 0.428.